The van der Waals surface area contributed by atoms with Crippen LogP contribution in [0.4, 0.5) is 13.2 Å². The Hall–Kier alpha value is -5.73. The van der Waals surface area contributed by atoms with Crippen molar-refractivity contribution >= 4 is 68.2 Å². The lowest BCUT2D eigenvalue weighted by atomic mass is 9.66. The van der Waals surface area contributed by atoms with Gasteiger partial charge in [0.1, 0.15) is 0 Å². The number of carbonyl (C=O) groups is 4. The molecule has 1 saturated heterocycles. The summed E-state index contributed by atoms with van der Waals surface area (Å²) in [4.78, 5) is 68.0. The molecule has 6 heterocycles. The topological polar surface area (TPSA) is 163 Å². The molecular weight excluding hydrogens is 769 g/mol. The van der Waals surface area contributed by atoms with Crippen LogP contribution in [0.25, 0.3) is 44.4 Å². The van der Waals surface area contributed by atoms with Gasteiger partial charge in [-0.15, -0.1) is 0 Å². The van der Waals surface area contributed by atoms with Crippen LogP contribution in [0.1, 0.15) is 119 Å². The number of aryl methyl sites for hydroxylation is 2. The van der Waals surface area contributed by atoms with Crippen molar-refractivity contribution in [3.05, 3.63) is 69.8 Å². The van der Waals surface area contributed by atoms with Gasteiger partial charge in [-0.2, -0.15) is 13.2 Å². The lowest BCUT2D eigenvalue weighted by molar-refractivity contribution is -0.236. The van der Waals surface area contributed by atoms with Crippen molar-refractivity contribution < 1.29 is 51.3 Å². The molecule has 3 aromatic rings. The third-order valence-electron chi connectivity index (χ3n) is 13.2. The molecule has 12 nitrogen and oxygen atoms in total. The van der Waals surface area contributed by atoms with E-state index in [0.29, 0.717) is 56.9 Å². The molecule has 2 N–H and O–H groups in total. The van der Waals surface area contributed by atoms with Crippen molar-refractivity contribution in [1.29, 1.82) is 0 Å². The van der Waals surface area contributed by atoms with Gasteiger partial charge < -0.3 is 28.9 Å². The van der Waals surface area contributed by atoms with Crippen LogP contribution in [-0.2, 0) is 38.1 Å². The zero-order valence-corrected chi connectivity index (χ0v) is 34.5. The lowest BCUT2D eigenvalue weighted by Crippen LogP contribution is -2.50. The Balaban J connectivity index is 1.48. The summed E-state index contributed by atoms with van der Waals surface area (Å²) in [6.07, 6.45) is -6.81. The van der Waals surface area contributed by atoms with E-state index < -0.39 is 46.6 Å². The molecule has 1 aliphatic carbocycles. The average molecular weight is 817 g/mol. The first-order valence-electron chi connectivity index (χ1n) is 19.4. The van der Waals surface area contributed by atoms with E-state index in [1.165, 1.54) is 21.1 Å². The fraction of sp³-hybridized carbons (Fsp3) is 0.455. The van der Waals surface area contributed by atoms with Gasteiger partial charge in [-0.1, -0.05) is 13.8 Å². The van der Waals surface area contributed by atoms with E-state index in [2.05, 4.69) is 9.97 Å². The standard InChI is InChI=1S/C44H47F3N4O8/c1-21-16-25-17-29-22(2)26(10-12-35(52)56-8)32(49-29)20-33-27(11-13-36(53)57-9)23(3)30(50-33)19-31-24(4)37(34(51-31)18-28(21)48-25)38(44(45,46)47)58-40(55)43-15-14-42(7,39(54)59-43)41(43,5)6/h16-20,38,48,51H,10-15H2,1-9H3/t38-,42+,43-/m1/s1. The Kier molecular flexibility index (Phi) is 10.2. The first kappa shape index (κ1) is 41.4. The van der Waals surface area contributed by atoms with Gasteiger partial charge in [-0.25, -0.2) is 14.8 Å². The molecule has 15 heteroatoms. The number of alkyl halides is 3. The quantitative estimate of drug-likeness (QED) is 0.158. The minimum absolute atomic E-state index is 0.0285. The number of fused-ring (bicyclic) bond motifs is 10. The predicted molar refractivity (Wildman–Crippen MR) is 213 cm³/mol. The predicted octanol–water partition coefficient (Wildman–Crippen LogP) is 8.97. The maximum Gasteiger partial charge on any atom is 0.429 e. The molecule has 312 valence electrons. The van der Waals surface area contributed by atoms with Crippen molar-refractivity contribution in [2.45, 2.75) is 105 Å². The zero-order valence-electron chi connectivity index (χ0n) is 34.5. The summed E-state index contributed by atoms with van der Waals surface area (Å²) in [6, 6.07) is 8.62. The molecule has 3 atom stereocenters. The first-order valence-corrected chi connectivity index (χ1v) is 19.4. The van der Waals surface area contributed by atoms with Gasteiger partial charge >= 0.3 is 30.1 Å². The Morgan fingerprint density at radius 1 is 0.780 bits per heavy atom. The van der Waals surface area contributed by atoms with Gasteiger partial charge in [0.2, 0.25) is 11.7 Å². The van der Waals surface area contributed by atoms with Crippen LogP contribution in [-0.4, -0.2) is 69.8 Å². The van der Waals surface area contributed by atoms with Crippen molar-refractivity contribution in [1.82, 2.24) is 19.9 Å². The summed E-state index contributed by atoms with van der Waals surface area (Å²) in [5.41, 5.74) is 2.91. The van der Waals surface area contributed by atoms with Crippen LogP contribution in [0.5, 0.6) is 0 Å². The van der Waals surface area contributed by atoms with E-state index in [1.807, 2.05) is 32.9 Å². The molecule has 1 saturated carbocycles. The number of hydrogen-bond donors (Lipinski definition) is 2. The summed E-state index contributed by atoms with van der Waals surface area (Å²) in [7, 11) is 2.62. The minimum atomic E-state index is -5.09. The fourth-order valence-electron chi connectivity index (χ4n) is 8.89. The zero-order chi connectivity index (χ0) is 43.0. The summed E-state index contributed by atoms with van der Waals surface area (Å²) < 4.78 is 67.3. The van der Waals surface area contributed by atoms with Crippen LogP contribution < -0.4 is 0 Å². The maximum absolute atomic E-state index is 15.4. The van der Waals surface area contributed by atoms with Gasteiger partial charge in [-0.05, 0) is 124 Å². The number of rotatable bonds is 9. The lowest BCUT2D eigenvalue weighted by Gasteiger charge is -2.35. The van der Waals surface area contributed by atoms with Crippen molar-refractivity contribution in [2.24, 2.45) is 10.8 Å². The molecule has 59 heavy (non-hydrogen) atoms. The summed E-state index contributed by atoms with van der Waals surface area (Å²) >= 11 is 0. The number of halogens is 3. The third kappa shape index (κ3) is 6.71. The highest BCUT2D eigenvalue weighted by molar-refractivity contribution is 5.97. The number of H-pyrrole nitrogens is 2. The third-order valence-corrected chi connectivity index (χ3v) is 13.2. The van der Waals surface area contributed by atoms with E-state index in [0.717, 1.165) is 11.1 Å². The number of carbonyl (C=O) groups excluding carboxylic acids is 4. The Morgan fingerprint density at radius 3 is 1.86 bits per heavy atom. The number of aromatic amines is 2. The van der Waals surface area contributed by atoms with Crippen LogP contribution >= 0.6 is 0 Å². The molecule has 0 spiro atoms. The maximum atomic E-state index is 15.4. The number of allylic oxidation sites excluding steroid dienone is 4. The normalized spacial score (nSPS) is 21.5. The molecule has 0 aromatic carbocycles. The SMILES string of the molecule is COC(=O)CCC1=C(C)c2cc3cc(C)c(cc4[nH]c(cc5nc(cc1n2)C(CCC(=O)OC)=C5C)c(C)c4[C@@H](OC(=O)[C@@]12CC[C@@](C)(C(=O)O1)C2(C)C)C(F)(F)F)[nH]3. The highest BCUT2D eigenvalue weighted by Gasteiger charge is 2.77. The fourth-order valence-corrected chi connectivity index (χ4v) is 8.89. The largest absolute Gasteiger partial charge is 0.469 e. The average Bonchev–Trinajstić information content (AvgIpc) is 3.93. The van der Waals surface area contributed by atoms with Gasteiger partial charge in [-0.3, -0.25) is 14.4 Å². The van der Waals surface area contributed by atoms with Gasteiger partial charge in [0.05, 0.1) is 42.4 Å². The smallest absolute Gasteiger partial charge is 0.429 e. The first-order chi connectivity index (χ1) is 27.6. The molecule has 4 aliphatic rings. The number of ether oxygens (including phenoxy) is 4. The molecule has 3 aromatic heterocycles. The van der Waals surface area contributed by atoms with E-state index >= 15 is 13.2 Å². The van der Waals surface area contributed by atoms with Gasteiger partial charge in [0.25, 0.3) is 0 Å². The van der Waals surface area contributed by atoms with Crippen molar-refractivity contribution in [3.63, 3.8) is 0 Å². The highest BCUT2D eigenvalue weighted by Crippen LogP contribution is 2.66. The Bertz CT molecular complexity index is 2560. The molecule has 0 unspecified atom stereocenters. The number of nitrogens with zero attached hydrogens (tertiary/aromatic N) is 2. The van der Waals surface area contributed by atoms with Crippen molar-refractivity contribution in [3.8, 4) is 0 Å². The monoisotopic (exact) mass is 816 g/mol. The summed E-state index contributed by atoms with van der Waals surface area (Å²) in [5, 5.41) is 0. The Morgan fingerprint density at radius 2 is 1.36 bits per heavy atom. The summed E-state index contributed by atoms with van der Waals surface area (Å²) in [5.74, 6) is -2.71. The summed E-state index contributed by atoms with van der Waals surface area (Å²) in [6.45, 7) is 12.0. The molecule has 10 bridgehead atoms. The molecule has 3 aliphatic heterocycles. The van der Waals surface area contributed by atoms with Crippen LogP contribution in [0, 0.1) is 24.7 Å². The van der Waals surface area contributed by atoms with Crippen molar-refractivity contribution in [2.75, 3.05) is 14.2 Å². The Labute approximate surface area is 338 Å². The van der Waals surface area contributed by atoms with E-state index in [1.54, 1.807) is 39.0 Å². The number of methoxy groups -OCH3 is 2. The van der Waals surface area contributed by atoms with Gasteiger partial charge in [0, 0.05) is 45.9 Å². The second kappa shape index (κ2) is 14.5. The molecule has 0 amide bonds. The second-order valence-corrected chi connectivity index (χ2v) is 16.5. The van der Waals surface area contributed by atoms with Crippen LogP contribution in [0.2, 0.25) is 0 Å². The van der Waals surface area contributed by atoms with Gasteiger partial charge in [0.15, 0.2) is 0 Å². The van der Waals surface area contributed by atoms with E-state index in [-0.39, 0.29) is 60.2 Å². The van der Waals surface area contributed by atoms with E-state index in [9.17, 15) is 19.2 Å². The number of hydrogen-bond acceptors (Lipinski definition) is 10. The molecule has 0 radical (unpaired) electrons. The number of aromatic nitrogens is 4. The highest BCUT2D eigenvalue weighted by atomic mass is 19.4. The molecular formula is C44H47F3N4O8. The number of nitrogens with one attached hydrogen (secondary N) is 2. The van der Waals surface area contributed by atoms with E-state index in [4.69, 9.17) is 28.9 Å². The molecule has 2 fully saturated rings. The van der Waals surface area contributed by atoms with Crippen LogP contribution in [0.3, 0.4) is 0 Å². The van der Waals surface area contributed by atoms with Crippen LogP contribution in [0.15, 0.2) is 30.3 Å². The molecule has 7 rings (SSSR count). The minimum Gasteiger partial charge on any atom is -0.469 e. The second-order valence-electron chi connectivity index (χ2n) is 16.5. The number of esters is 4.